The van der Waals surface area contributed by atoms with Crippen LogP contribution in [0.25, 0.3) is 0 Å². The molecule has 1 heterocycles. The van der Waals surface area contributed by atoms with Gasteiger partial charge in [-0.15, -0.1) is 0 Å². The van der Waals surface area contributed by atoms with Gasteiger partial charge in [0.1, 0.15) is 5.82 Å². The molecule has 7 heteroatoms. The highest BCUT2D eigenvalue weighted by atomic mass is 32.2. The molecule has 0 aliphatic carbocycles. The number of nitrogens with zero attached hydrogens (tertiary/aromatic N) is 1. The molecule has 3 aromatic carbocycles. The van der Waals surface area contributed by atoms with Crippen molar-refractivity contribution in [3.05, 3.63) is 102 Å². The molecule has 0 radical (unpaired) electrons. The van der Waals surface area contributed by atoms with Crippen molar-refractivity contribution in [2.24, 2.45) is 5.92 Å². The van der Waals surface area contributed by atoms with Crippen LogP contribution in [0, 0.1) is 11.7 Å². The number of carbonyl (C=O) groups is 1. The van der Waals surface area contributed by atoms with Crippen molar-refractivity contribution in [2.75, 3.05) is 6.54 Å². The van der Waals surface area contributed by atoms with Crippen molar-refractivity contribution < 1.29 is 17.6 Å². The fraction of sp³-hybridized carbons (Fsp3) is 0.240. The second-order valence-electron chi connectivity index (χ2n) is 7.93. The highest BCUT2D eigenvalue weighted by Crippen LogP contribution is 2.37. The quantitative estimate of drug-likeness (QED) is 0.607. The maximum Gasteiger partial charge on any atom is 0.243 e. The normalized spacial score (nSPS) is 19.4. The van der Waals surface area contributed by atoms with Crippen LogP contribution in [-0.4, -0.2) is 25.2 Å². The topological polar surface area (TPSA) is 66.5 Å². The van der Waals surface area contributed by atoms with Crippen LogP contribution in [0.15, 0.2) is 89.8 Å². The first-order chi connectivity index (χ1) is 15.4. The van der Waals surface area contributed by atoms with E-state index in [1.807, 2.05) is 30.3 Å². The van der Waals surface area contributed by atoms with E-state index in [2.05, 4.69) is 5.32 Å². The van der Waals surface area contributed by atoms with Crippen molar-refractivity contribution >= 4 is 15.9 Å². The average molecular weight is 453 g/mol. The second kappa shape index (κ2) is 9.63. The summed E-state index contributed by atoms with van der Waals surface area (Å²) in [6, 6.07) is 23.5. The Labute approximate surface area is 187 Å². The average Bonchev–Trinajstić information content (AvgIpc) is 2.84. The minimum Gasteiger partial charge on any atom is -0.352 e. The Balaban J connectivity index is 1.55. The molecular formula is C25H25FN2O3S. The van der Waals surface area contributed by atoms with Crippen molar-refractivity contribution in [1.29, 1.82) is 0 Å². The van der Waals surface area contributed by atoms with Crippen LogP contribution in [0.2, 0.25) is 0 Å². The summed E-state index contributed by atoms with van der Waals surface area (Å²) in [6.07, 6.45) is 1.13. The Hall–Kier alpha value is -3.03. The summed E-state index contributed by atoms with van der Waals surface area (Å²) in [5, 5.41) is 2.87. The van der Waals surface area contributed by atoms with Gasteiger partial charge in [0.05, 0.1) is 16.9 Å². The molecule has 0 bridgehead atoms. The minimum absolute atomic E-state index is 0.103. The third-order valence-corrected chi connectivity index (χ3v) is 7.71. The highest BCUT2D eigenvalue weighted by Gasteiger charge is 2.39. The first kappa shape index (κ1) is 22.2. The zero-order valence-electron chi connectivity index (χ0n) is 17.5. The fourth-order valence-corrected chi connectivity index (χ4v) is 5.80. The van der Waals surface area contributed by atoms with Crippen LogP contribution in [0.3, 0.4) is 0 Å². The van der Waals surface area contributed by atoms with Gasteiger partial charge in [-0.1, -0.05) is 60.7 Å². The Morgan fingerprint density at radius 2 is 1.53 bits per heavy atom. The lowest BCUT2D eigenvalue weighted by Gasteiger charge is -2.38. The Morgan fingerprint density at radius 1 is 0.906 bits per heavy atom. The number of piperidine rings is 1. The SMILES string of the molecule is O=C(NCc1ccc(F)cc1)C1CCC(c2ccccc2)N(S(=O)(=O)c2ccccc2)C1. The molecule has 2 unspecified atom stereocenters. The van der Waals surface area contributed by atoms with Crippen molar-refractivity contribution in [3.63, 3.8) is 0 Å². The molecule has 0 spiro atoms. The molecule has 1 aliphatic heterocycles. The van der Waals surface area contributed by atoms with Gasteiger partial charge >= 0.3 is 0 Å². The summed E-state index contributed by atoms with van der Waals surface area (Å²) in [5.74, 6) is -0.996. The van der Waals surface area contributed by atoms with E-state index >= 15 is 0 Å². The molecule has 0 saturated carbocycles. The predicted molar refractivity (Wildman–Crippen MR) is 120 cm³/mol. The number of benzene rings is 3. The molecular weight excluding hydrogens is 427 g/mol. The van der Waals surface area contributed by atoms with Gasteiger partial charge in [-0.25, -0.2) is 12.8 Å². The lowest BCUT2D eigenvalue weighted by Crippen LogP contribution is -2.46. The lowest BCUT2D eigenvalue weighted by atomic mass is 9.90. The summed E-state index contributed by atoms with van der Waals surface area (Å²) in [6.45, 7) is 0.370. The van der Waals surface area contributed by atoms with Gasteiger partial charge < -0.3 is 5.32 Å². The molecule has 1 aliphatic rings. The Morgan fingerprint density at radius 3 is 2.19 bits per heavy atom. The minimum atomic E-state index is -3.79. The van der Waals surface area contributed by atoms with Gasteiger partial charge in [0.15, 0.2) is 0 Å². The zero-order chi connectivity index (χ0) is 22.6. The van der Waals surface area contributed by atoms with Gasteiger partial charge in [0.2, 0.25) is 15.9 Å². The summed E-state index contributed by atoms with van der Waals surface area (Å²) in [4.78, 5) is 13.1. The number of hydrogen-bond acceptors (Lipinski definition) is 3. The van der Waals surface area contributed by atoms with Crippen LogP contribution >= 0.6 is 0 Å². The van der Waals surface area contributed by atoms with Gasteiger partial charge in [0, 0.05) is 13.1 Å². The lowest BCUT2D eigenvalue weighted by molar-refractivity contribution is -0.126. The standard InChI is InChI=1S/C25H25FN2O3S/c26-22-14-11-19(12-15-22)17-27-25(29)21-13-16-24(20-7-3-1-4-8-20)28(18-21)32(30,31)23-9-5-2-6-10-23/h1-12,14-15,21,24H,13,16-18H2,(H,27,29). The van der Waals surface area contributed by atoms with Crippen LogP contribution in [-0.2, 0) is 21.4 Å². The summed E-state index contributed by atoms with van der Waals surface area (Å²) in [7, 11) is -3.79. The van der Waals surface area contributed by atoms with E-state index in [1.54, 1.807) is 42.5 Å². The third kappa shape index (κ3) is 4.89. The molecule has 4 rings (SSSR count). The largest absolute Gasteiger partial charge is 0.352 e. The van der Waals surface area contributed by atoms with E-state index in [-0.39, 0.29) is 35.8 Å². The van der Waals surface area contributed by atoms with E-state index in [1.165, 1.54) is 16.4 Å². The number of halogens is 1. The number of rotatable bonds is 6. The molecule has 1 N–H and O–H groups in total. The number of nitrogens with one attached hydrogen (secondary N) is 1. The maximum atomic E-state index is 13.5. The zero-order valence-corrected chi connectivity index (χ0v) is 18.3. The monoisotopic (exact) mass is 452 g/mol. The molecule has 3 aromatic rings. The van der Waals surface area contributed by atoms with Crippen molar-refractivity contribution in [3.8, 4) is 0 Å². The van der Waals surface area contributed by atoms with Crippen LogP contribution in [0.4, 0.5) is 4.39 Å². The molecule has 1 fully saturated rings. The molecule has 0 aromatic heterocycles. The summed E-state index contributed by atoms with van der Waals surface area (Å²) >= 11 is 0. The van der Waals surface area contributed by atoms with E-state index in [9.17, 15) is 17.6 Å². The molecule has 1 saturated heterocycles. The number of amides is 1. The Kier molecular flexibility index (Phi) is 6.67. The molecule has 32 heavy (non-hydrogen) atoms. The second-order valence-corrected chi connectivity index (χ2v) is 9.82. The fourth-order valence-electron chi connectivity index (χ4n) is 4.09. The maximum absolute atomic E-state index is 13.5. The summed E-state index contributed by atoms with van der Waals surface area (Å²) in [5.41, 5.74) is 1.70. The Bertz CT molecular complexity index is 1150. The summed E-state index contributed by atoms with van der Waals surface area (Å²) < 4.78 is 41.6. The van der Waals surface area contributed by atoms with E-state index in [0.29, 0.717) is 12.8 Å². The first-order valence-corrected chi connectivity index (χ1v) is 12.0. The van der Waals surface area contributed by atoms with Crippen LogP contribution in [0.1, 0.15) is 30.0 Å². The van der Waals surface area contributed by atoms with Gasteiger partial charge in [0.25, 0.3) is 0 Å². The van der Waals surface area contributed by atoms with Crippen LogP contribution < -0.4 is 5.32 Å². The number of sulfonamides is 1. The number of carbonyl (C=O) groups excluding carboxylic acids is 1. The van der Waals surface area contributed by atoms with Crippen LogP contribution in [0.5, 0.6) is 0 Å². The van der Waals surface area contributed by atoms with Gasteiger partial charge in [-0.05, 0) is 48.2 Å². The van der Waals surface area contributed by atoms with Crippen molar-refractivity contribution in [1.82, 2.24) is 9.62 Å². The molecule has 166 valence electrons. The predicted octanol–water partition coefficient (Wildman–Crippen LogP) is 4.28. The van der Waals surface area contributed by atoms with E-state index < -0.39 is 15.9 Å². The van der Waals surface area contributed by atoms with E-state index in [4.69, 9.17) is 0 Å². The van der Waals surface area contributed by atoms with Gasteiger partial charge in [-0.2, -0.15) is 4.31 Å². The first-order valence-electron chi connectivity index (χ1n) is 10.6. The highest BCUT2D eigenvalue weighted by molar-refractivity contribution is 7.89. The van der Waals surface area contributed by atoms with Crippen molar-refractivity contribution in [2.45, 2.75) is 30.3 Å². The molecule has 2 atom stereocenters. The number of hydrogen-bond donors (Lipinski definition) is 1. The smallest absolute Gasteiger partial charge is 0.243 e. The van der Waals surface area contributed by atoms with E-state index in [0.717, 1.165) is 11.1 Å². The van der Waals surface area contributed by atoms with Gasteiger partial charge in [-0.3, -0.25) is 4.79 Å². The molecule has 1 amide bonds. The third-order valence-electron chi connectivity index (χ3n) is 5.82. The molecule has 5 nitrogen and oxygen atoms in total.